The molecule has 0 unspecified atom stereocenters. The maximum absolute atomic E-state index is 13.0. The zero-order valence-electron chi connectivity index (χ0n) is 17.3. The Hall–Kier alpha value is -1.97. The molecule has 0 spiro atoms. The number of piperazine rings is 1. The van der Waals surface area contributed by atoms with E-state index in [1.807, 2.05) is 12.1 Å². The van der Waals surface area contributed by atoms with Gasteiger partial charge >= 0.3 is 6.03 Å². The zero-order chi connectivity index (χ0) is 21.2. The van der Waals surface area contributed by atoms with Crippen molar-refractivity contribution in [3.8, 4) is 0 Å². The number of imide groups is 1. The minimum atomic E-state index is -3.54. The van der Waals surface area contributed by atoms with Crippen LogP contribution in [0.4, 0.5) is 4.79 Å². The summed E-state index contributed by atoms with van der Waals surface area (Å²) in [7, 11) is -3.54. The van der Waals surface area contributed by atoms with Crippen LogP contribution in [0, 0.1) is 0 Å². The number of carbonyl (C=O) groups is 2. The van der Waals surface area contributed by atoms with E-state index in [9.17, 15) is 18.0 Å². The van der Waals surface area contributed by atoms with Crippen LogP contribution in [0.1, 0.15) is 38.7 Å². The van der Waals surface area contributed by atoms with Crippen LogP contribution in [0.15, 0.2) is 29.2 Å². The SMILES string of the molecule is CC[C@@H](C)c1ccc(S(=O)(=O)N2CC[NH+]([C@@H](C)C(=O)N3CCNC3=O)CC2)cc1. The lowest BCUT2D eigenvalue weighted by Crippen LogP contribution is -3.19. The summed E-state index contributed by atoms with van der Waals surface area (Å²) in [6.45, 7) is 8.69. The van der Waals surface area contributed by atoms with E-state index in [4.69, 9.17) is 0 Å². The summed E-state index contributed by atoms with van der Waals surface area (Å²) in [5, 5.41) is 2.64. The lowest BCUT2D eigenvalue weighted by Gasteiger charge is -2.34. The van der Waals surface area contributed by atoms with Gasteiger partial charge < -0.3 is 10.2 Å². The number of hydrogen-bond acceptors (Lipinski definition) is 4. The summed E-state index contributed by atoms with van der Waals surface area (Å²) < 4.78 is 27.5. The van der Waals surface area contributed by atoms with Crippen molar-refractivity contribution >= 4 is 22.0 Å². The predicted octanol–water partition coefficient (Wildman–Crippen LogP) is 0.0296. The van der Waals surface area contributed by atoms with Gasteiger partial charge in [0, 0.05) is 13.1 Å². The molecule has 160 valence electrons. The molecule has 0 saturated carbocycles. The van der Waals surface area contributed by atoms with Crippen LogP contribution in [0.5, 0.6) is 0 Å². The van der Waals surface area contributed by atoms with E-state index in [0.29, 0.717) is 50.1 Å². The Kier molecular flexibility index (Phi) is 6.60. The molecular weight excluding hydrogens is 392 g/mol. The van der Waals surface area contributed by atoms with Crippen molar-refractivity contribution in [2.75, 3.05) is 39.3 Å². The second-order valence-corrected chi connectivity index (χ2v) is 9.82. The number of nitrogens with zero attached hydrogens (tertiary/aromatic N) is 2. The Morgan fingerprint density at radius 2 is 1.76 bits per heavy atom. The van der Waals surface area contributed by atoms with Crippen molar-refractivity contribution < 1.29 is 22.9 Å². The summed E-state index contributed by atoms with van der Waals surface area (Å²) in [6.07, 6.45) is 1.01. The van der Waals surface area contributed by atoms with E-state index >= 15 is 0 Å². The molecule has 0 aromatic heterocycles. The Balaban J connectivity index is 1.62. The zero-order valence-corrected chi connectivity index (χ0v) is 18.2. The van der Waals surface area contributed by atoms with Crippen molar-refractivity contribution in [1.82, 2.24) is 14.5 Å². The van der Waals surface area contributed by atoms with Gasteiger partial charge in [-0.05, 0) is 37.0 Å². The van der Waals surface area contributed by atoms with E-state index < -0.39 is 10.0 Å². The van der Waals surface area contributed by atoms with Gasteiger partial charge in [0.15, 0.2) is 6.04 Å². The number of carbonyl (C=O) groups excluding carboxylic acids is 2. The fraction of sp³-hybridized carbons (Fsp3) is 0.600. The highest BCUT2D eigenvalue weighted by atomic mass is 32.2. The van der Waals surface area contributed by atoms with Gasteiger partial charge in [-0.15, -0.1) is 0 Å². The summed E-state index contributed by atoms with van der Waals surface area (Å²) in [5.41, 5.74) is 1.14. The molecule has 2 N–H and O–H groups in total. The van der Waals surface area contributed by atoms with Crippen LogP contribution in [0.3, 0.4) is 0 Å². The molecule has 2 heterocycles. The van der Waals surface area contributed by atoms with E-state index in [0.717, 1.165) is 16.9 Å². The van der Waals surface area contributed by atoms with Gasteiger partial charge in [0.2, 0.25) is 10.0 Å². The fourth-order valence-electron chi connectivity index (χ4n) is 3.89. The molecule has 0 aliphatic carbocycles. The second kappa shape index (κ2) is 8.81. The first-order chi connectivity index (χ1) is 13.8. The van der Waals surface area contributed by atoms with E-state index in [1.165, 1.54) is 9.21 Å². The molecule has 2 aliphatic rings. The highest BCUT2D eigenvalue weighted by Crippen LogP contribution is 2.22. The molecule has 2 aliphatic heterocycles. The van der Waals surface area contributed by atoms with Crippen molar-refractivity contribution in [3.05, 3.63) is 29.8 Å². The lowest BCUT2D eigenvalue weighted by molar-refractivity contribution is -0.917. The van der Waals surface area contributed by atoms with Gasteiger partial charge in [-0.3, -0.25) is 9.69 Å². The van der Waals surface area contributed by atoms with Crippen molar-refractivity contribution in [1.29, 1.82) is 0 Å². The van der Waals surface area contributed by atoms with Gasteiger partial charge in [-0.2, -0.15) is 4.31 Å². The second-order valence-electron chi connectivity index (χ2n) is 7.88. The molecule has 3 amide bonds. The van der Waals surface area contributed by atoms with Crippen LogP contribution in [0.2, 0.25) is 0 Å². The van der Waals surface area contributed by atoms with Crippen LogP contribution in [-0.2, 0) is 14.8 Å². The van der Waals surface area contributed by atoms with E-state index in [2.05, 4.69) is 19.2 Å². The van der Waals surface area contributed by atoms with Crippen LogP contribution < -0.4 is 10.2 Å². The van der Waals surface area contributed by atoms with Gasteiger partial charge in [0.05, 0.1) is 31.1 Å². The number of nitrogens with one attached hydrogen (secondary N) is 2. The van der Waals surface area contributed by atoms with Gasteiger partial charge in [0.1, 0.15) is 0 Å². The smallest absolute Gasteiger partial charge is 0.324 e. The molecular formula is C20H31N4O4S+. The summed E-state index contributed by atoms with van der Waals surface area (Å²) in [4.78, 5) is 26.9. The molecule has 2 atom stereocenters. The number of benzene rings is 1. The minimum absolute atomic E-state index is 0.202. The third kappa shape index (κ3) is 4.46. The number of rotatable bonds is 6. The molecule has 0 bridgehead atoms. The number of quaternary nitrogens is 1. The molecule has 2 fully saturated rings. The monoisotopic (exact) mass is 423 g/mol. The first-order valence-corrected chi connectivity index (χ1v) is 11.7. The Morgan fingerprint density at radius 1 is 1.14 bits per heavy atom. The molecule has 3 rings (SSSR count). The van der Waals surface area contributed by atoms with Crippen molar-refractivity contribution in [2.24, 2.45) is 0 Å². The third-order valence-electron chi connectivity index (χ3n) is 6.17. The number of sulfonamides is 1. The number of amides is 3. The Morgan fingerprint density at radius 3 is 2.28 bits per heavy atom. The summed E-state index contributed by atoms with van der Waals surface area (Å²) >= 11 is 0. The Labute approximate surface area is 172 Å². The van der Waals surface area contributed by atoms with Crippen LogP contribution >= 0.6 is 0 Å². The van der Waals surface area contributed by atoms with E-state index in [-0.39, 0.29) is 18.0 Å². The fourth-order valence-corrected chi connectivity index (χ4v) is 5.33. The van der Waals surface area contributed by atoms with Crippen LogP contribution in [0.25, 0.3) is 0 Å². The van der Waals surface area contributed by atoms with Crippen LogP contribution in [-0.4, -0.2) is 74.9 Å². The molecule has 2 saturated heterocycles. The molecule has 8 nitrogen and oxygen atoms in total. The average molecular weight is 424 g/mol. The maximum Gasteiger partial charge on any atom is 0.324 e. The molecule has 9 heteroatoms. The minimum Gasteiger partial charge on any atom is -0.336 e. The maximum atomic E-state index is 13.0. The highest BCUT2D eigenvalue weighted by Gasteiger charge is 2.38. The standard InChI is InChI=1S/C20H30N4O4S/c1-4-15(2)17-5-7-18(8-6-17)29(27,28)23-13-11-22(12-14-23)16(3)19(25)24-10-9-21-20(24)26/h5-8,15-16H,4,9-14H2,1-3H3,(H,21,26)/p+1/t15-,16+/m1/s1. The summed E-state index contributed by atoms with van der Waals surface area (Å²) in [5.74, 6) is 0.197. The van der Waals surface area contributed by atoms with Gasteiger partial charge in [-0.25, -0.2) is 13.2 Å². The lowest BCUT2D eigenvalue weighted by atomic mass is 9.99. The molecule has 1 aromatic carbocycles. The predicted molar refractivity (Wildman–Crippen MR) is 109 cm³/mol. The van der Waals surface area contributed by atoms with Crippen molar-refractivity contribution in [3.63, 3.8) is 0 Å². The molecule has 1 aromatic rings. The van der Waals surface area contributed by atoms with Crippen molar-refractivity contribution in [2.45, 2.75) is 44.0 Å². The number of hydrogen-bond donors (Lipinski definition) is 2. The molecule has 29 heavy (non-hydrogen) atoms. The normalized spacial score (nSPS) is 21.1. The summed E-state index contributed by atoms with van der Waals surface area (Å²) in [6, 6.07) is 6.44. The highest BCUT2D eigenvalue weighted by molar-refractivity contribution is 7.89. The quantitative estimate of drug-likeness (QED) is 0.675. The Bertz CT molecular complexity index is 848. The van der Waals surface area contributed by atoms with E-state index in [1.54, 1.807) is 19.1 Å². The van der Waals surface area contributed by atoms with Gasteiger partial charge in [0.25, 0.3) is 5.91 Å². The van der Waals surface area contributed by atoms with Gasteiger partial charge in [-0.1, -0.05) is 26.0 Å². The first-order valence-electron chi connectivity index (χ1n) is 10.3. The average Bonchev–Trinajstić information content (AvgIpc) is 3.18. The molecule has 0 radical (unpaired) electrons. The first kappa shape index (κ1) is 21.7. The topological polar surface area (TPSA) is 91.2 Å². The third-order valence-corrected chi connectivity index (χ3v) is 8.08. The number of urea groups is 1. The largest absolute Gasteiger partial charge is 0.336 e.